The van der Waals surface area contributed by atoms with Gasteiger partial charge in [0, 0.05) is 29.8 Å². The van der Waals surface area contributed by atoms with E-state index in [1.54, 1.807) is 30.0 Å². The van der Waals surface area contributed by atoms with E-state index in [-0.39, 0.29) is 11.5 Å². The lowest BCUT2D eigenvalue weighted by Crippen LogP contribution is -2.26. The molecule has 2 rings (SSSR count). The Balaban J connectivity index is 1.67. The van der Waals surface area contributed by atoms with E-state index >= 15 is 0 Å². The number of benzene rings is 1. The van der Waals surface area contributed by atoms with Crippen molar-refractivity contribution in [2.45, 2.75) is 25.8 Å². The van der Waals surface area contributed by atoms with Crippen LogP contribution in [0.25, 0.3) is 0 Å². The number of carbonyl (C=O) groups is 1. The van der Waals surface area contributed by atoms with Gasteiger partial charge in [0.05, 0.1) is 13.5 Å². The van der Waals surface area contributed by atoms with Crippen molar-refractivity contribution in [3.05, 3.63) is 63.0 Å². The number of carbonyl (C=O) groups excluding carboxylic acids is 1. The van der Waals surface area contributed by atoms with E-state index in [0.717, 1.165) is 28.6 Å². The molecule has 1 aromatic heterocycles. The zero-order chi connectivity index (χ0) is 17.4. The number of hydrogen-bond donors (Lipinski definition) is 1. The Morgan fingerprint density at radius 3 is 2.62 bits per heavy atom. The molecule has 1 heterocycles. The highest BCUT2D eigenvalue weighted by Crippen LogP contribution is 2.11. The molecule has 2 aromatic rings. The van der Waals surface area contributed by atoms with Gasteiger partial charge in [-0.15, -0.1) is 0 Å². The van der Waals surface area contributed by atoms with E-state index in [2.05, 4.69) is 21.2 Å². The van der Waals surface area contributed by atoms with Crippen LogP contribution in [0.1, 0.15) is 18.4 Å². The number of amides is 1. The van der Waals surface area contributed by atoms with E-state index in [9.17, 15) is 9.59 Å². The van der Waals surface area contributed by atoms with Gasteiger partial charge in [0.25, 0.3) is 5.56 Å². The number of nitrogens with one attached hydrogen (secondary N) is 1. The van der Waals surface area contributed by atoms with E-state index < -0.39 is 0 Å². The number of aryl methyl sites for hydroxylation is 1. The molecule has 0 aliphatic carbocycles. The van der Waals surface area contributed by atoms with E-state index in [0.29, 0.717) is 19.5 Å². The average Bonchev–Trinajstić information content (AvgIpc) is 2.58. The molecule has 5 nitrogen and oxygen atoms in total. The van der Waals surface area contributed by atoms with Gasteiger partial charge in [-0.3, -0.25) is 9.59 Å². The highest BCUT2D eigenvalue weighted by atomic mass is 79.9. The monoisotopic (exact) mass is 392 g/mol. The molecule has 0 aliphatic heterocycles. The second-order valence-electron chi connectivity index (χ2n) is 5.46. The summed E-state index contributed by atoms with van der Waals surface area (Å²) in [6.45, 7) is 1.25. The fraction of sp³-hybridized carbons (Fsp3) is 0.333. The molecule has 24 heavy (non-hydrogen) atoms. The van der Waals surface area contributed by atoms with Crippen LogP contribution in [-0.2, 0) is 17.8 Å². The van der Waals surface area contributed by atoms with Gasteiger partial charge in [-0.05, 0) is 52.5 Å². The fourth-order valence-electron chi connectivity index (χ4n) is 2.30. The van der Waals surface area contributed by atoms with Gasteiger partial charge in [-0.2, -0.15) is 0 Å². The molecule has 6 heteroatoms. The van der Waals surface area contributed by atoms with Crippen LogP contribution in [0.3, 0.4) is 0 Å². The van der Waals surface area contributed by atoms with Crippen molar-refractivity contribution in [3.63, 3.8) is 0 Å². The van der Waals surface area contributed by atoms with Crippen LogP contribution in [0.4, 0.5) is 0 Å². The molecule has 0 bridgehead atoms. The van der Waals surface area contributed by atoms with Crippen molar-refractivity contribution in [2.75, 3.05) is 13.7 Å². The molecule has 0 fully saturated rings. The van der Waals surface area contributed by atoms with Gasteiger partial charge in [-0.1, -0.05) is 12.1 Å². The highest BCUT2D eigenvalue weighted by Gasteiger charge is 2.03. The van der Waals surface area contributed by atoms with Crippen molar-refractivity contribution in [1.82, 2.24) is 9.88 Å². The number of aromatic nitrogens is 1. The molecule has 0 atom stereocenters. The minimum Gasteiger partial charge on any atom is -0.497 e. The molecule has 0 radical (unpaired) electrons. The zero-order valence-electron chi connectivity index (χ0n) is 13.6. The zero-order valence-corrected chi connectivity index (χ0v) is 15.2. The number of ether oxygens (including phenoxy) is 1. The Hall–Kier alpha value is -2.08. The molecule has 0 spiro atoms. The lowest BCUT2D eigenvalue weighted by Gasteiger charge is -2.08. The van der Waals surface area contributed by atoms with Gasteiger partial charge in [0.2, 0.25) is 5.91 Å². The van der Waals surface area contributed by atoms with E-state index in [1.165, 1.54) is 0 Å². The van der Waals surface area contributed by atoms with Gasteiger partial charge in [0.1, 0.15) is 5.75 Å². The van der Waals surface area contributed by atoms with Gasteiger partial charge in [-0.25, -0.2) is 0 Å². The topological polar surface area (TPSA) is 60.3 Å². The van der Waals surface area contributed by atoms with Crippen LogP contribution in [0.2, 0.25) is 0 Å². The second kappa shape index (κ2) is 9.27. The minimum absolute atomic E-state index is 0.000195. The molecule has 0 aliphatic rings. The van der Waals surface area contributed by atoms with Crippen molar-refractivity contribution in [1.29, 1.82) is 0 Å². The quantitative estimate of drug-likeness (QED) is 0.702. The molecular formula is C18H21BrN2O3. The Bertz CT molecular complexity index is 726. The van der Waals surface area contributed by atoms with Crippen LogP contribution in [-0.4, -0.2) is 24.1 Å². The Morgan fingerprint density at radius 2 is 1.92 bits per heavy atom. The maximum absolute atomic E-state index is 11.9. The van der Waals surface area contributed by atoms with Crippen LogP contribution < -0.4 is 15.6 Å². The van der Waals surface area contributed by atoms with Crippen molar-refractivity contribution >= 4 is 21.8 Å². The number of pyridine rings is 1. The van der Waals surface area contributed by atoms with Gasteiger partial charge in [0.15, 0.2) is 0 Å². The summed E-state index contributed by atoms with van der Waals surface area (Å²) in [6, 6.07) is 10.7. The smallest absolute Gasteiger partial charge is 0.250 e. The lowest BCUT2D eigenvalue weighted by molar-refractivity contribution is -0.120. The average molecular weight is 393 g/mol. The van der Waals surface area contributed by atoms with Crippen LogP contribution >= 0.6 is 15.9 Å². The fourth-order valence-corrected chi connectivity index (χ4v) is 2.68. The summed E-state index contributed by atoms with van der Waals surface area (Å²) in [5, 5.41) is 2.91. The third-order valence-corrected chi connectivity index (χ3v) is 4.09. The molecule has 0 unspecified atom stereocenters. The van der Waals surface area contributed by atoms with Gasteiger partial charge < -0.3 is 14.6 Å². The molecule has 1 aromatic carbocycles. The largest absolute Gasteiger partial charge is 0.497 e. The van der Waals surface area contributed by atoms with Gasteiger partial charge >= 0.3 is 0 Å². The molecule has 0 saturated heterocycles. The number of hydrogen-bond acceptors (Lipinski definition) is 3. The first-order valence-corrected chi connectivity index (χ1v) is 8.63. The number of rotatable bonds is 8. The van der Waals surface area contributed by atoms with Crippen LogP contribution in [0.15, 0.2) is 51.9 Å². The first kappa shape index (κ1) is 18.3. The van der Waals surface area contributed by atoms with Crippen molar-refractivity contribution < 1.29 is 9.53 Å². The van der Waals surface area contributed by atoms with E-state index in [1.807, 2.05) is 24.3 Å². The summed E-state index contributed by atoms with van der Waals surface area (Å²) >= 11 is 3.35. The highest BCUT2D eigenvalue weighted by molar-refractivity contribution is 9.10. The summed E-state index contributed by atoms with van der Waals surface area (Å²) in [5.74, 6) is 0.779. The maximum Gasteiger partial charge on any atom is 0.250 e. The third kappa shape index (κ3) is 5.85. The second-order valence-corrected chi connectivity index (χ2v) is 6.38. The first-order chi connectivity index (χ1) is 11.6. The maximum atomic E-state index is 11.9. The number of methoxy groups -OCH3 is 1. The Morgan fingerprint density at radius 1 is 1.17 bits per heavy atom. The van der Waals surface area contributed by atoms with Crippen LogP contribution in [0, 0.1) is 0 Å². The molecule has 1 N–H and O–H groups in total. The predicted molar refractivity (Wildman–Crippen MR) is 97.3 cm³/mol. The standard InChI is InChI=1S/C18H21BrN2O3/c1-24-16-7-4-14(5-8-16)12-17(22)20-10-2-3-11-21-13-15(19)6-9-18(21)23/h4-9,13H,2-3,10-12H2,1H3,(H,20,22). The lowest BCUT2D eigenvalue weighted by atomic mass is 10.1. The SMILES string of the molecule is COc1ccc(CC(=O)NCCCCn2cc(Br)ccc2=O)cc1. The molecular weight excluding hydrogens is 372 g/mol. The Labute approximate surface area is 149 Å². The third-order valence-electron chi connectivity index (χ3n) is 3.62. The summed E-state index contributed by atoms with van der Waals surface area (Å²) in [4.78, 5) is 23.6. The summed E-state index contributed by atoms with van der Waals surface area (Å²) in [6.07, 6.45) is 3.80. The van der Waals surface area contributed by atoms with E-state index in [4.69, 9.17) is 4.74 Å². The first-order valence-electron chi connectivity index (χ1n) is 7.84. The minimum atomic E-state index is -0.0123. The molecule has 0 saturated carbocycles. The van der Waals surface area contributed by atoms with Crippen molar-refractivity contribution in [2.24, 2.45) is 0 Å². The Kier molecular flexibility index (Phi) is 7.06. The number of unbranched alkanes of at least 4 members (excludes halogenated alkanes) is 1. The summed E-state index contributed by atoms with van der Waals surface area (Å²) < 4.78 is 7.64. The van der Waals surface area contributed by atoms with Crippen molar-refractivity contribution in [3.8, 4) is 5.75 Å². The normalized spacial score (nSPS) is 10.4. The molecule has 1 amide bonds. The number of nitrogens with zero attached hydrogens (tertiary/aromatic N) is 1. The molecule has 128 valence electrons. The number of halogens is 1. The summed E-state index contributed by atoms with van der Waals surface area (Å²) in [7, 11) is 1.62. The predicted octanol–water partition coefficient (Wildman–Crippen LogP) is 2.76. The summed E-state index contributed by atoms with van der Waals surface area (Å²) in [5.41, 5.74) is 0.940. The van der Waals surface area contributed by atoms with Crippen LogP contribution in [0.5, 0.6) is 5.75 Å².